The highest BCUT2D eigenvalue weighted by molar-refractivity contribution is 5.96. The molecule has 1 amide bonds. The molecule has 2 saturated carbocycles. The van der Waals surface area contributed by atoms with Crippen molar-refractivity contribution in [3.8, 4) is 5.75 Å². The number of halogens is 1. The third kappa shape index (κ3) is 2.94. The smallest absolute Gasteiger partial charge is 0.230 e. The van der Waals surface area contributed by atoms with Crippen molar-refractivity contribution in [2.24, 2.45) is 23.5 Å². The number of nitrogens with two attached hydrogens (primary N) is 1. The van der Waals surface area contributed by atoms with Crippen LogP contribution in [0.5, 0.6) is 5.75 Å². The van der Waals surface area contributed by atoms with Crippen molar-refractivity contribution in [1.82, 2.24) is 0 Å². The van der Waals surface area contributed by atoms with Gasteiger partial charge in [0, 0.05) is 12.0 Å². The second kappa shape index (κ2) is 6.70. The molecule has 0 radical (unpaired) electrons. The van der Waals surface area contributed by atoms with Crippen molar-refractivity contribution in [3.63, 3.8) is 0 Å². The van der Waals surface area contributed by atoms with Crippen LogP contribution in [0, 0.1) is 17.8 Å². The maximum Gasteiger partial charge on any atom is 0.230 e. The van der Waals surface area contributed by atoms with Gasteiger partial charge in [0.1, 0.15) is 12.4 Å². The summed E-state index contributed by atoms with van der Waals surface area (Å²) in [5.41, 5.74) is 7.29. The fourth-order valence-electron chi connectivity index (χ4n) is 4.61. The number of rotatable bonds is 1. The summed E-state index contributed by atoms with van der Waals surface area (Å²) in [7, 11) is 0. The zero-order valence-electron chi connectivity index (χ0n) is 13.3. The van der Waals surface area contributed by atoms with E-state index in [1.807, 2.05) is 29.2 Å². The monoisotopic (exact) mass is 336 g/mol. The molecule has 0 saturated heterocycles. The Morgan fingerprint density at radius 2 is 1.87 bits per heavy atom. The lowest BCUT2D eigenvalue weighted by molar-refractivity contribution is -0.125. The molecule has 5 heteroatoms. The summed E-state index contributed by atoms with van der Waals surface area (Å²) < 4.78 is 5.67. The van der Waals surface area contributed by atoms with Gasteiger partial charge in [-0.15, -0.1) is 12.4 Å². The molecule has 2 aliphatic carbocycles. The van der Waals surface area contributed by atoms with Gasteiger partial charge in [0.15, 0.2) is 0 Å². The first-order chi connectivity index (χ1) is 10.7. The summed E-state index contributed by atoms with van der Waals surface area (Å²) in [6, 6.07) is 8.17. The molecule has 23 heavy (non-hydrogen) atoms. The van der Waals surface area contributed by atoms with Crippen molar-refractivity contribution in [1.29, 1.82) is 0 Å². The lowest BCUT2D eigenvalue weighted by Gasteiger charge is -2.44. The highest BCUT2D eigenvalue weighted by atomic mass is 35.5. The van der Waals surface area contributed by atoms with Crippen molar-refractivity contribution in [2.75, 3.05) is 18.1 Å². The van der Waals surface area contributed by atoms with Crippen LogP contribution in [-0.2, 0) is 4.79 Å². The Bertz CT molecular complexity index is 566. The fourth-order valence-corrected chi connectivity index (χ4v) is 4.61. The predicted molar refractivity (Wildman–Crippen MR) is 93.1 cm³/mol. The number of nitrogens with zero attached hydrogens (tertiary/aromatic N) is 1. The first kappa shape index (κ1) is 16.6. The van der Waals surface area contributed by atoms with Gasteiger partial charge in [0.05, 0.1) is 12.2 Å². The van der Waals surface area contributed by atoms with Crippen LogP contribution >= 0.6 is 12.4 Å². The standard InChI is InChI=1S/C18H24N2O2.ClH/c19-17-12-4-3-5-13(17)11-14(10-12)18(21)20-8-9-22-16-7-2-1-6-15(16)20;/h1-2,6-7,12-14,17H,3-5,8-11,19H2;1H. The lowest BCUT2D eigenvalue weighted by atomic mass is 9.65. The van der Waals surface area contributed by atoms with Crippen LogP contribution in [0.3, 0.4) is 0 Å². The summed E-state index contributed by atoms with van der Waals surface area (Å²) >= 11 is 0. The topological polar surface area (TPSA) is 55.6 Å². The first-order valence-electron chi connectivity index (χ1n) is 8.53. The van der Waals surface area contributed by atoms with E-state index in [4.69, 9.17) is 10.5 Å². The Hall–Kier alpha value is -1.26. The number of para-hydroxylation sites is 2. The Labute approximate surface area is 143 Å². The SMILES string of the molecule is Cl.NC1C2CCCC1CC(C(=O)N1CCOc3ccccc31)C2. The molecule has 2 N–H and O–H groups in total. The largest absolute Gasteiger partial charge is 0.490 e. The van der Waals surface area contributed by atoms with Crippen LogP contribution in [0.4, 0.5) is 5.69 Å². The van der Waals surface area contributed by atoms with Crippen LogP contribution in [-0.4, -0.2) is 25.1 Å². The maximum atomic E-state index is 13.1. The summed E-state index contributed by atoms with van der Waals surface area (Å²) in [5.74, 6) is 2.33. The zero-order chi connectivity index (χ0) is 15.1. The normalized spacial score (nSPS) is 32.3. The molecular weight excluding hydrogens is 312 g/mol. The summed E-state index contributed by atoms with van der Waals surface area (Å²) in [5, 5.41) is 0. The third-order valence-electron chi connectivity index (χ3n) is 5.76. The molecule has 1 heterocycles. The van der Waals surface area contributed by atoms with Gasteiger partial charge in [-0.1, -0.05) is 18.6 Å². The summed E-state index contributed by atoms with van der Waals surface area (Å²) in [6.07, 6.45) is 5.61. The van der Waals surface area contributed by atoms with Gasteiger partial charge in [-0.05, 0) is 49.7 Å². The second-order valence-electron chi connectivity index (χ2n) is 7.00. The Kier molecular flexibility index (Phi) is 4.83. The lowest BCUT2D eigenvalue weighted by Crippen LogP contribution is -2.50. The minimum absolute atomic E-state index is 0. The number of hydrogen-bond acceptors (Lipinski definition) is 3. The molecule has 0 aromatic heterocycles. The number of anilines is 1. The van der Waals surface area contributed by atoms with Gasteiger partial charge >= 0.3 is 0 Å². The minimum Gasteiger partial charge on any atom is -0.490 e. The predicted octanol–water partition coefficient (Wildman–Crippen LogP) is 2.99. The molecule has 4 rings (SSSR count). The van der Waals surface area contributed by atoms with E-state index in [0.717, 1.165) is 24.3 Å². The number of benzene rings is 1. The van der Waals surface area contributed by atoms with Crippen LogP contribution in [0.25, 0.3) is 0 Å². The number of carbonyl (C=O) groups is 1. The van der Waals surface area contributed by atoms with E-state index in [0.29, 0.717) is 31.0 Å². The van der Waals surface area contributed by atoms with Gasteiger partial charge < -0.3 is 15.4 Å². The van der Waals surface area contributed by atoms with Crippen LogP contribution in [0.1, 0.15) is 32.1 Å². The van der Waals surface area contributed by atoms with E-state index >= 15 is 0 Å². The number of fused-ring (bicyclic) bond motifs is 3. The summed E-state index contributed by atoms with van der Waals surface area (Å²) in [6.45, 7) is 1.25. The highest BCUT2D eigenvalue weighted by Crippen LogP contribution is 2.43. The van der Waals surface area contributed by atoms with Crippen LogP contribution < -0.4 is 15.4 Å². The van der Waals surface area contributed by atoms with Gasteiger partial charge in [0.2, 0.25) is 5.91 Å². The van der Waals surface area contributed by atoms with Crippen LogP contribution in [0.2, 0.25) is 0 Å². The number of amides is 1. The van der Waals surface area contributed by atoms with Crippen molar-refractivity contribution in [2.45, 2.75) is 38.1 Å². The van der Waals surface area contributed by atoms with Gasteiger partial charge in [-0.25, -0.2) is 0 Å². The van der Waals surface area contributed by atoms with Crippen molar-refractivity contribution >= 4 is 24.0 Å². The quantitative estimate of drug-likeness (QED) is 0.857. The molecular formula is C18H25ClN2O2. The molecule has 2 fully saturated rings. The van der Waals surface area contributed by atoms with Crippen LogP contribution in [0.15, 0.2) is 24.3 Å². The molecule has 126 valence electrons. The molecule has 4 nitrogen and oxygen atoms in total. The Morgan fingerprint density at radius 1 is 1.17 bits per heavy atom. The van der Waals surface area contributed by atoms with Crippen molar-refractivity contribution < 1.29 is 9.53 Å². The number of hydrogen-bond donors (Lipinski definition) is 1. The first-order valence-corrected chi connectivity index (χ1v) is 8.53. The van der Waals surface area contributed by atoms with E-state index in [-0.39, 0.29) is 24.2 Å². The molecule has 2 atom stereocenters. The molecule has 1 aromatic carbocycles. The molecule has 2 bridgehead atoms. The molecule has 1 aromatic rings. The average molecular weight is 337 g/mol. The third-order valence-corrected chi connectivity index (χ3v) is 5.76. The van der Waals surface area contributed by atoms with Gasteiger partial charge in [-0.3, -0.25) is 4.79 Å². The second-order valence-corrected chi connectivity index (χ2v) is 7.00. The Morgan fingerprint density at radius 3 is 2.61 bits per heavy atom. The Balaban J connectivity index is 0.00000156. The van der Waals surface area contributed by atoms with Crippen molar-refractivity contribution in [3.05, 3.63) is 24.3 Å². The van der Waals surface area contributed by atoms with E-state index in [2.05, 4.69) is 0 Å². The minimum atomic E-state index is 0. The maximum absolute atomic E-state index is 13.1. The van der Waals surface area contributed by atoms with E-state index in [9.17, 15) is 4.79 Å². The molecule has 1 aliphatic heterocycles. The van der Waals surface area contributed by atoms with Gasteiger partial charge in [-0.2, -0.15) is 0 Å². The molecule has 0 spiro atoms. The fraction of sp³-hybridized carbons (Fsp3) is 0.611. The average Bonchev–Trinajstić information content (AvgIpc) is 2.53. The molecule has 3 aliphatic rings. The zero-order valence-corrected chi connectivity index (χ0v) is 14.1. The number of ether oxygens (including phenoxy) is 1. The molecule has 2 unspecified atom stereocenters. The highest BCUT2D eigenvalue weighted by Gasteiger charge is 2.42. The van der Waals surface area contributed by atoms with E-state index < -0.39 is 0 Å². The number of carbonyl (C=O) groups excluding carboxylic acids is 1. The van der Waals surface area contributed by atoms with Gasteiger partial charge in [0.25, 0.3) is 0 Å². The summed E-state index contributed by atoms with van der Waals surface area (Å²) in [4.78, 5) is 15.0. The van der Waals surface area contributed by atoms with E-state index in [1.54, 1.807) is 0 Å². The van der Waals surface area contributed by atoms with E-state index in [1.165, 1.54) is 19.3 Å².